The van der Waals surface area contributed by atoms with Gasteiger partial charge < -0.3 is 14.0 Å². The summed E-state index contributed by atoms with van der Waals surface area (Å²) in [5, 5.41) is 3.49. The number of nitrogens with zero attached hydrogens (tertiary/aromatic N) is 1. The molecule has 1 aliphatic carbocycles. The lowest BCUT2D eigenvalue weighted by Gasteiger charge is -2.10. The number of ketones is 2. The van der Waals surface area contributed by atoms with Crippen molar-refractivity contribution in [2.45, 2.75) is 19.3 Å². The van der Waals surface area contributed by atoms with E-state index in [1.54, 1.807) is 7.11 Å². The third-order valence-corrected chi connectivity index (χ3v) is 4.37. The molecule has 1 aromatic rings. The summed E-state index contributed by atoms with van der Waals surface area (Å²) < 4.78 is 14.3. The number of unbranched alkanes of at least 4 members (excludes halogenated alkanes) is 2. The van der Waals surface area contributed by atoms with Gasteiger partial charge in [0.2, 0.25) is 23.0 Å². The number of aromatic nitrogens is 1. The number of rotatable bonds is 8. The summed E-state index contributed by atoms with van der Waals surface area (Å²) in [6.07, 6.45) is 4.05. The van der Waals surface area contributed by atoms with Crippen molar-refractivity contribution in [3.8, 4) is 0 Å². The molecule has 0 saturated carbocycles. The van der Waals surface area contributed by atoms with Crippen LogP contribution in [-0.4, -0.2) is 49.3 Å². The Morgan fingerprint density at radius 2 is 2.04 bits per heavy atom. The second-order valence-electron chi connectivity index (χ2n) is 4.83. The minimum absolute atomic E-state index is 0.105. The third-order valence-electron chi connectivity index (χ3n) is 3.26. The summed E-state index contributed by atoms with van der Waals surface area (Å²) in [4.78, 5) is 36.4. The molecule has 0 unspecified atom stereocenters. The van der Waals surface area contributed by atoms with Crippen LogP contribution in [0.25, 0.3) is 0 Å². The number of esters is 1. The highest BCUT2D eigenvalue weighted by atomic mass is 32.2. The maximum Gasteiger partial charge on any atom is 0.361 e. The van der Waals surface area contributed by atoms with Gasteiger partial charge in [0.15, 0.2) is 0 Å². The number of hydrogen-bond donors (Lipinski definition) is 0. The first kappa shape index (κ1) is 17.4. The first-order chi connectivity index (χ1) is 11.1. The van der Waals surface area contributed by atoms with Gasteiger partial charge in [-0.25, -0.2) is 4.79 Å². The van der Waals surface area contributed by atoms with Gasteiger partial charge in [0, 0.05) is 19.8 Å². The van der Waals surface area contributed by atoms with Gasteiger partial charge in [-0.1, -0.05) is 11.6 Å². The molecule has 1 aliphatic rings. The molecule has 0 spiro atoms. The molecule has 124 valence electrons. The largest absolute Gasteiger partial charge is 0.464 e. The van der Waals surface area contributed by atoms with Gasteiger partial charge in [0.05, 0.1) is 12.0 Å². The van der Waals surface area contributed by atoms with Crippen LogP contribution in [0.2, 0.25) is 0 Å². The number of hydrogen-bond acceptors (Lipinski definition) is 8. The number of carbonyl (C=O) groups excluding carboxylic acids is 3. The second kappa shape index (κ2) is 8.07. The molecule has 7 nitrogen and oxygen atoms in total. The van der Waals surface area contributed by atoms with Crippen LogP contribution in [0.5, 0.6) is 0 Å². The highest BCUT2D eigenvalue weighted by Gasteiger charge is 2.36. The Bertz CT molecular complexity index is 648. The fourth-order valence-corrected chi connectivity index (χ4v) is 3.08. The zero-order valence-electron chi connectivity index (χ0n) is 12.9. The van der Waals surface area contributed by atoms with E-state index in [0.717, 1.165) is 19.3 Å². The van der Waals surface area contributed by atoms with Crippen LogP contribution >= 0.6 is 11.8 Å². The Balaban J connectivity index is 2.04. The SMILES string of the molecule is COCCCCCSC1=CC(=O)c2onc(C(=O)OC)c2C1=O. The van der Waals surface area contributed by atoms with E-state index >= 15 is 0 Å². The predicted molar refractivity (Wildman–Crippen MR) is 82.8 cm³/mol. The maximum absolute atomic E-state index is 12.5. The summed E-state index contributed by atoms with van der Waals surface area (Å²) in [7, 11) is 2.82. The molecule has 0 bridgehead atoms. The van der Waals surface area contributed by atoms with Crippen molar-refractivity contribution in [3.05, 3.63) is 28.0 Å². The first-order valence-corrected chi connectivity index (χ1v) is 8.09. The summed E-state index contributed by atoms with van der Waals surface area (Å²) >= 11 is 1.29. The molecular weight excluding hydrogens is 322 g/mol. The van der Waals surface area contributed by atoms with Crippen LogP contribution in [0, 0.1) is 0 Å². The van der Waals surface area contributed by atoms with Crippen molar-refractivity contribution in [3.63, 3.8) is 0 Å². The molecule has 1 aromatic heterocycles. The molecule has 8 heteroatoms. The summed E-state index contributed by atoms with van der Waals surface area (Å²) in [6, 6.07) is 0. The van der Waals surface area contributed by atoms with E-state index in [4.69, 9.17) is 9.26 Å². The van der Waals surface area contributed by atoms with Crippen molar-refractivity contribution in [1.29, 1.82) is 0 Å². The van der Waals surface area contributed by atoms with Gasteiger partial charge in [-0.3, -0.25) is 9.59 Å². The molecule has 0 aromatic carbocycles. The molecule has 1 heterocycles. The van der Waals surface area contributed by atoms with Gasteiger partial charge in [0.25, 0.3) is 0 Å². The van der Waals surface area contributed by atoms with E-state index in [1.165, 1.54) is 24.9 Å². The van der Waals surface area contributed by atoms with Gasteiger partial charge in [-0.05, 0) is 18.6 Å². The highest BCUT2D eigenvalue weighted by Crippen LogP contribution is 2.31. The Morgan fingerprint density at radius 1 is 1.26 bits per heavy atom. The first-order valence-electron chi connectivity index (χ1n) is 7.10. The molecule has 0 aliphatic heterocycles. The molecule has 23 heavy (non-hydrogen) atoms. The van der Waals surface area contributed by atoms with Crippen LogP contribution in [-0.2, 0) is 9.47 Å². The zero-order valence-corrected chi connectivity index (χ0v) is 13.7. The van der Waals surface area contributed by atoms with Crippen molar-refractivity contribution >= 4 is 29.3 Å². The van der Waals surface area contributed by atoms with Gasteiger partial charge in [0.1, 0.15) is 5.56 Å². The lowest BCUT2D eigenvalue weighted by atomic mass is 10.00. The fourth-order valence-electron chi connectivity index (χ4n) is 2.09. The number of carbonyl (C=O) groups is 3. The van der Waals surface area contributed by atoms with Crippen molar-refractivity contribution < 1.29 is 28.4 Å². The Labute approximate surface area is 137 Å². The smallest absolute Gasteiger partial charge is 0.361 e. The topological polar surface area (TPSA) is 95.7 Å². The molecule has 0 saturated heterocycles. The fraction of sp³-hybridized carbons (Fsp3) is 0.467. The highest BCUT2D eigenvalue weighted by molar-refractivity contribution is 8.04. The molecule has 0 amide bonds. The molecular formula is C15H17NO6S. The van der Waals surface area contributed by atoms with Crippen molar-refractivity contribution in [1.82, 2.24) is 5.16 Å². The summed E-state index contributed by atoms with van der Waals surface area (Å²) in [6.45, 7) is 0.706. The van der Waals surface area contributed by atoms with Crippen LogP contribution in [0.3, 0.4) is 0 Å². The van der Waals surface area contributed by atoms with Gasteiger partial charge >= 0.3 is 5.97 Å². The van der Waals surface area contributed by atoms with E-state index in [-0.39, 0.29) is 17.0 Å². The lowest BCUT2D eigenvalue weighted by Crippen LogP contribution is -2.17. The Morgan fingerprint density at radius 3 is 2.74 bits per heavy atom. The quantitative estimate of drug-likeness (QED) is 0.526. The monoisotopic (exact) mass is 339 g/mol. The van der Waals surface area contributed by atoms with E-state index < -0.39 is 17.5 Å². The lowest BCUT2D eigenvalue weighted by molar-refractivity contribution is 0.0586. The summed E-state index contributed by atoms with van der Waals surface area (Å²) in [5.41, 5.74) is -0.363. The van der Waals surface area contributed by atoms with E-state index in [2.05, 4.69) is 9.89 Å². The minimum atomic E-state index is -0.804. The maximum atomic E-state index is 12.5. The average Bonchev–Trinajstić information content (AvgIpc) is 3.00. The van der Waals surface area contributed by atoms with Crippen LogP contribution in [0.1, 0.15) is 50.7 Å². The minimum Gasteiger partial charge on any atom is -0.464 e. The zero-order chi connectivity index (χ0) is 16.8. The molecule has 0 atom stereocenters. The number of ether oxygens (including phenoxy) is 2. The standard InChI is InChI=1S/C15H17NO6S/c1-20-6-4-3-5-7-23-10-8-9(17)14-11(13(10)18)12(16-22-14)15(19)21-2/h8H,3-7H2,1-2H3. The molecule has 0 radical (unpaired) electrons. The Hall–Kier alpha value is -1.93. The molecule has 2 rings (SSSR count). The Kier molecular flexibility index (Phi) is 6.12. The normalized spacial score (nSPS) is 13.7. The van der Waals surface area contributed by atoms with E-state index in [9.17, 15) is 14.4 Å². The van der Waals surface area contributed by atoms with Gasteiger partial charge in [-0.15, -0.1) is 11.8 Å². The van der Waals surface area contributed by atoms with E-state index in [0.29, 0.717) is 17.3 Å². The van der Waals surface area contributed by atoms with Crippen molar-refractivity contribution in [2.24, 2.45) is 0 Å². The number of methoxy groups -OCH3 is 2. The number of allylic oxidation sites excluding steroid dienone is 2. The van der Waals surface area contributed by atoms with Crippen LogP contribution in [0.15, 0.2) is 15.5 Å². The third kappa shape index (κ3) is 3.89. The average molecular weight is 339 g/mol. The van der Waals surface area contributed by atoms with Crippen LogP contribution < -0.4 is 0 Å². The van der Waals surface area contributed by atoms with Gasteiger partial charge in [-0.2, -0.15) is 0 Å². The predicted octanol–water partition coefficient (Wildman–Crippen LogP) is 2.27. The number of Topliss-reactive ketones (excluding diaryl/α,β-unsaturated/α-hetero) is 1. The molecule has 0 fully saturated rings. The van der Waals surface area contributed by atoms with Crippen molar-refractivity contribution in [2.75, 3.05) is 26.6 Å². The summed E-state index contributed by atoms with van der Waals surface area (Å²) in [5.74, 6) is -1.21. The van der Waals surface area contributed by atoms with E-state index in [1.807, 2.05) is 0 Å². The molecule has 0 N–H and O–H groups in total. The number of fused-ring (bicyclic) bond motifs is 1. The second-order valence-corrected chi connectivity index (χ2v) is 5.97. The number of thioether (sulfide) groups is 1. The van der Waals surface area contributed by atoms with Crippen LogP contribution in [0.4, 0.5) is 0 Å².